The second-order valence-electron chi connectivity index (χ2n) is 2.58. The van der Waals surface area contributed by atoms with E-state index in [0.717, 1.165) is 30.9 Å². The van der Waals surface area contributed by atoms with Gasteiger partial charge in [-0.15, -0.1) is 0 Å². The number of rotatable bonds is 1. The molecule has 0 fully saturated rings. The van der Waals surface area contributed by atoms with Crippen LogP contribution < -0.4 is 2.81 Å². The number of fused-ring (bicyclic) bond motifs is 1. The molecule has 0 radical (unpaired) electrons. The summed E-state index contributed by atoms with van der Waals surface area (Å²) >= 11 is 1.08. The van der Waals surface area contributed by atoms with Gasteiger partial charge in [0.2, 0.25) is 0 Å². The Morgan fingerprint density at radius 3 is 2.50 bits per heavy atom. The Balaban J connectivity index is 2.79. The number of hydrogen-bond acceptors (Lipinski definition) is 1. The average molecular weight is 234 g/mol. The summed E-state index contributed by atoms with van der Waals surface area (Å²) in [7, 11) is 0. The van der Waals surface area contributed by atoms with Crippen LogP contribution in [-0.2, 0) is 25.2 Å². The molecular formula is C10H7OZr. The van der Waals surface area contributed by atoms with Gasteiger partial charge in [-0.25, -0.2) is 0 Å². The van der Waals surface area contributed by atoms with Crippen molar-refractivity contribution in [3.63, 3.8) is 0 Å². The van der Waals surface area contributed by atoms with E-state index < -0.39 is 0 Å². The summed E-state index contributed by atoms with van der Waals surface area (Å²) in [5, 5.41) is 2.43. The molecule has 0 bridgehead atoms. The van der Waals surface area contributed by atoms with E-state index in [2.05, 4.69) is 18.2 Å². The summed E-state index contributed by atoms with van der Waals surface area (Å²) in [6.45, 7) is 0. The quantitative estimate of drug-likeness (QED) is 0.737. The Bertz CT molecular complexity index is 392. The minimum absolute atomic E-state index is 0.978. The van der Waals surface area contributed by atoms with Crippen LogP contribution >= 0.6 is 0 Å². The van der Waals surface area contributed by atoms with Crippen molar-refractivity contribution in [3.05, 3.63) is 42.5 Å². The predicted octanol–water partition coefficient (Wildman–Crippen LogP) is 2.68. The van der Waals surface area contributed by atoms with Crippen molar-refractivity contribution in [3.8, 4) is 5.75 Å². The molecule has 0 amide bonds. The third kappa shape index (κ3) is 1.32. The molecule has 0 heterocycles. The molecule has 2 heteroatoms. The second kappa shape index (κ2) is 3.41. The minimum atomic E-state index is 0.978. The normalized spacial score (nSPS) is 9.92. The monoisotopic (exact) mass is 233 g/mol. The molecule has 0 N–H and O–H groups in total. The van der Waals surface area contributed by atoms with Crippen LogP contribution in [0.1, 0.15) is 0 Å². The molecule has 2 aromatic carbocycles. The second-order valence-corrected chi connectivity index (χ2v) is 3.08. The maximum atomic E-state index is 5.32. The maximum absolute atomic E-state index is 5.32. The van der Waals surface area contributed by atoms with Gasteiger partial charge in [0, 0.05) is 0 Å². The van der Waals surface area contributed by atoms with Gasteiger partial charge in [-0.05, 0) is 0 Å². The topological polar surface area (TPSA) is 9.23 Å². The van der Waals surface area contributed by atoms with Crippen LogP contribution in [0.4, 0.5) is 0 Å². The van der Waals surface area contributed by atoms with Gasteiger partial charge in [0.1, 0.15) is 0 Å². The van der Waals surface area contributed by atoms with E-state index in [1.165, 1.54) is 10.8 Å². The van der Waals surface area contributed by atoms with Crippen molar-refractivity contribution in [1.29, 1.82) is 0 Å². The van der Waals surface area contributed by atoms with Crippen molar-refractivity contribution >= 4 is 10.8 Å². The summed E-state index contributed by atoms with van der Waals surface area (Å²) in [4.78, 5) is 0. The molecule has 0 atom stereocenters. The molecular weight excluding hydrogens is 227 g/mol. The van der Waals surface area contributed by atoms with Crippen LogP contribution in [0.5, 0.6) is 5.75 Å². The van der Waals surface area contributed by atoms with E-state index in [1.807, 2.05) is 24.3 Å². The standard InChI is InChI=1S/C10H8O.Zr/c11-10-7-3-5-8-4-1-2-6-9(8)10;/h1-7,11H;/q;+1/p-1. The van der Waals surface area contributed by atoms with Crippen molar-refractivity contribution in [2.24, 2.45) is 0 Å². The molecule has 0 aliphatic rings. The first kappa shape index (κ1) is 8.00. The molecule has 0 aromatic heterocycles. The van der Waals surface area contributed by atoms with Gasteiger partial charge < -0.3 is 0 Å². The van der Waals surface area contributed by atoms with E-state index >= 15 is 0 Å². The van der Waals surface area contributed by atoms with Crippen LogP contribution in [0.25, 0.3) is 10.8 Å². The Morgan fingerprint density at radius 2 is 1.67 bits per heavy atom. The zero-order valence-corrected chi connectivity index (χ0v) is 8.91. The molecule has 0 unspecified atom stereocenters. The van der Waals surface area contributed by atoms with Crippen molar-refractivity contribution in [1.82, 2.24) is 0 Å². The van der Waals surface area contributed by atoms with E-state index in [4.69, 9.17) is 2.81 Å². The molecule has 12 heavy (non-hydrogen) atoms. The van der Waals surface area contributed by atoms with Crippen LogP contribution in [0.2, 0.25) is 0 Å². The molecule has 0 spiro atoms. The first-order valence-electron chi connectivity index (χ1n) is 3.73. The fourth-order valence-corrected chi connectivity index (χ4v) is 1.72. The predicted molar refractivity (Wildman–Crippen MR) is 44.6 cm³/mol. The molecule has 2 rings (SSSR count). The van der Waals surface area contributed by atoms with Crippen LogP contribution in [0.15, 0.2) is 42.5 Å². The zero-order chi connectivity index (χ0) is 8.39. The van der Waals surface area contributed by atoms with Gasteiger partial charge in [0.15, 0.2) is 0 Å². The zero-order valence-electron chi connectivity index (χ0n) is 6.45. The average Bonchev–Trinajstić information content (AvgIpc) is 2.17. The molecule has 57 valence electrons. The molecule has 2 aromatic rings. The molecule has 1 nitrogen and oxygen atoms in total. The van der Waals surface area contributed by atoms with Crippen LogP contribution in [0.3, 0.4) is 0 Å². The van der Waals surface area contributed by atoms with Gasteiger partial charge in [-0.2, -0.15) is 0 Å². The van der Waals surface area contributed by atoms with Gasteiger partial charge in [-0.3, -0.25) is 0 Å². The van der Waals surface area contributed by atoms with Crippen molar-refractivity contribution in [2.75, 3.05) is 0 Å². The molecule has 0 saturated heterocycles. The number of hydrogen-bond donors (Lipinski definition) is 0. The van der Waals surface area contributed by atoms with Gasteiger partial charge in [0.05, 0.1) is 0 Å². The SMILES string of the molecule is [Zr][O]c1cccc2ccccc12. The third-order valence-corrected chi connectivity index (χ3v) is 2.40. The summed E-state index contributed by atoms with van der Waals surface area (Å²) in [6, 6.07) is 14.3. The van der Waals surface area contributed by atoms with Crippen LogP contribution in [0, 0.1) is 0 Å². The first-order chi connectivity index (χ1) is 5.92. The Morgan fingerprint density at radius 1 is 0.917 bits per heavy atom. The Labute approximate surface area is 86.8 Å². The fourth-order valence-electron chi connectivity index (χ4n) is 1.28. The van der Waals surface area contributed by atoms with E-state index in [-0.39, 0.29) is 0 Å². The summed E-state index contributed by atoms with van der Waals surface area (Å²) in [6.07, 6.45) is 0. The number of benzene rings is 2. The molecule has 0 saturated carbocycles. The summed E-state index contributed by atoms with van der Waals surface area (Å²) < 4.78 is 5.32. The first-order valence-corrected chi connectivity index (χ1v) is 4.73. The van der Waals surface area contributed by atoms with E-state index in [1.54, 1.807) is 0 Å². The Kier molecular flexibility index (Phi) is 2.27. The van der Waals surface area contributed by atoms with Crippen LogP contribution in [-0.4, -0.2) is 0 Å². The van der Waals surface area contributed by atoms with E-state index in [0.29, 0.717) is 0 Å². The Hall–Kier alpha value is -0.617. The fraction of sp³-hybridized carbons (Fsp3) is 0. The third-order valence-electron chi connectivity index (χ3n) is 1.86. The molecule has 0 aliphatic carbocycles. The van der Waals surface area contributed by atoms with Gasteiger partial charge >= 0.3 is 87.0 Å². The summed E-state index contributed by atoms with van der Waals surface area (Å²) in [5.41, 5.74) is 0. The van der Waals surface area contributed by atoms with E-state index in [9.17, 15) is 0 Å². The van der Waals surface area contributed by atoms with Gasteiger partial charge in [-0.1, -0.05) is 0 Å². The summed E-state index contributed by atoms with van der Waals surface area (Å²) in [5.74, 6) is 0.978. The van der Waals surface area contributed by atoms with Crippen molar-refractivity contribution < 1.29 is 28.0 Å². The van der Waals surface area contributed by atoms with Gasteiger partial charge in [0.25, 0.3) is 0 Å². The molecule has 0 aliphatic heterocycles. The van der Waals surface area contributed by atoms with Crippen molar-refractivity contribution in [2.45, 2.75) is 0 Å².